The first-order chi connectivity index (χ1) is 22.9. The Morgan fingerprint density at radius 3 is 1.72 bits per heavy atom. The van der Waals surface area contributed by atoms with E-state index in [9.17, 15) is 14.4 Å². The maximum atomic E-state index is 12.5. The Hall–Kier alpha value is -3.21. The van der Waals surface area contributed by atoms with E-state index in [1.165, 1.54) is 7.11 Å². The first-order valence-electron chi connectivity index (χ1n) is 15.6. The molecule has 0 radical (unpaired) electrons. The first kappa shape index (κ1) is 40.0. The summed E-state index contributed by atoms with van der Waals surface area (Å²) in [5.74, 6) is 4.26. The van der Waals surface area contributed by atoms with Crippen LogP contribution in [0.25, 0.3) is 0 Å². The van der Waals surface area contributed by atoms with Gasteiger partial charge in [0.1, 0.15) is 6.04 Å². The molecular formula is C31H49N5O11. The number of nitrogens with one attached hydrogen (secondary N) is 1. The highest BCUT2D eigenvalue weighted by molar-refractivity contribution is 5.96. The molecule has 1 fully saturated rings. The van der Waals surface area contributed by atoms with Crippen molar-refractivity contribution in [2.45, 2.75) is 18.9 Å². The lowest BCUT2D eigenvalue weighted by Crippen LogP contribution is -2.47. The van der Waals surface area contributed by atoms with Gasteiger partial charge in [0.15, 0.2) is 6.61 Å². The topological polar surface area (TPSA) is 183 Å². The number of hydrogen-bond acceptors (Lipinski definition) is 15. The van der Waals surface area contributed by atoms with Crippen molar-refractivity contribution >= 4 is 17.8 Å². The van der Waals surface area contributed by atoms with Gasteiger partial charge in [0.25, 0.3) is 5.91 Å². The minimum atomic E-state index is -1.01. The number of hydrogen-bond donors (Lipinski definition) is 4. The number of ether oxygens (including phenoxy) is 2. The summed E-state index contributed by atoms with van der Waals surface area (Å²) in [5.41, 5.74) is 0.381. The van der Waals surface area contributed by atoms with Crippen molar-refractivity contribution in [1.82, 2.24) is 24.9 Å². The average molecular weight is 668 g/mol. The van der Waals surface area contributed by atoms with Crippen LogP contribution in [-0.2, 0) is 33.7 Å². The fourth-order valence-corrected chi connectivity index (χ4v) is 4.81. The van der Waals surface area contributed by atoms with Crippen LogP contribution in [0.2, 0.25) is 0 Å². The highest BCUT2D eigenvalue weighted by atomic mass is 17.1. The Labute approximate surface area is 275 Å². The molecule has 0 aromatic heterocycles. The van der Waals surface area contributed by atoms with Crippen molar-refractivity contribution in [3.05, 3.63) is 35.9 Å². The molecule has 16 heteroatoms. The van der Waals surface area contributed by atoms with Gasteiger partial charge < -0.3 is 14.8 Å². The zero-order valence-electron chi connectivity index (χ0n) is 27.1. The van der Waals surface area contributed by atoms with Crippen LogP contribution in [-0.4, -0.2) is 171 Å². The lowest BCUT2D eigenvalue weighted by molar-refractivity contribution is -0.245. The zero-order chi connectivity index (χ0) is 34.1. The van der Waals surface area contributed by atoms with E-state index in [1.54, 1.807) is 30.3 Å². The van der Waals surface area contributed by atoms with Gasteiger partial charge in [0.05, 0.1) is 33.5 Å². The molecule has 1 unspecified atom stereocenters. The van der Waals surface area contributed by atoms with Crippen LogP contribution in [0.4, 0.5) is 0 Å². The molecule has 4 N–H and O–H groups in total. The van der Waals surface area contributed by atoms with Crippen molar-refractivity contribution in [3.63, 3.8) is 0 Å². The molecule has 0 spiro atoms. The number of amides is 1. The van der Waals surface area contributed by atoms with Crippen molar-refractivity contribution in [3.8, 4) is 11.8 Å². The SMILES string of the molecule is COC(=O)C(CCC(=O)OCC#CCN1CCN(CCOO)CCN(CCOO)CCN(CCOO)CC1)NC(=O)c1ccccc1. The van der Waals surface area contributed by atoms with Crippen molar-refractivity contribution < 1.29 is 54.3 Å². The predicted octanol–water partition coefficient (Wildman–Crippen LogP) is -0.0248. The third kappa shape index (κ3) is 17.5. The molecule has 0 bridgehead atoms. The summed E-state index contributed by atoms with van der Waals surface area (Å²) in [6.45, 7) is 7.98. The molecule has 1 amide bonds. The Kier molecular flexibility index (Phi) is 21.2. The molecule has 1 saturated heterocycles. The van der Waals surface area contributed by atoms with Gasteiger partial charge in [-0.15, -0.1) is 0 Å². The van der Waals surface area contributed by atoms with E-state index in [0.717, 1.165) is 0 Å². The molecule has 264 valence electrons. The fraction of sp³-hybridized carbons (Fsp3) is 0.645. The number of benzene rings is 1. The number of carbonyl (C=O) groups is 3. The van der Waals surface area contributed by atoms with E-state index >= 15 is 0 Å². The second-order valence-corrected chi connectivity index (χ2v) is 10.8. The third-order valence-corrected chi connectivity index (χ3v) is 7.62. The standard InChI is InChI=1S/C31H49N5O11/c1-43-31(39)28(32-30(38)27-7-3-2-4-8-27)9-10-29(37)44-23-6-5-11-33-12-14-34(20-24-45-40)16-18-36(22-26-47-42)19-17-35(15-13-33)21-25-46-41/h2-4,7-8,28,40-42H,9-26H2,1H3,(H,32,38). The third-order valence-electron chi connectivity index (χ3n) is 7.62. The molecule has 1 aromatic rings. The van der Waals surface area contributed by atoms with Crippen LogP contribution >= 0.6 is 0 Å². The first-order valence-corrected chi connectivity index (χ1v) is 15.6. The summed E-state index contributed by atoms with van der Waals surface area (Å²) in [6.07, 6.45) is -0.109. The van der Waals surface area contributed by atoms with Gasteiger partial charge in [0.2, 0.25) is 0 Å². The molecule has 0 saturated carbocycles. The van der Waals surface area contributed by atoms with E-state index in [-0.39, 0.29) is 39.3 Å². The number of nitrogens with zero attached hydrogens (tertiary/aromatic N) is 4. The van der Waals surface area contributed by atoms with Gasteiger partial charge in [-0.25, -0.2) is 19.5 Å². The minimum absolute atomic E-state index is 0.00784. The largest absolute Gasteiger partial charge is 0.467 e. The van der Waals surface area contributed by atoms with Gasteiger partial charge >= 0.3 is 11.9 Å². The van der Waals surface area contributed by atoms with Gasteiger partial charge in [0, 0.05) is 84.0 Å². The molecule has 16 nitrogen and oxygen atoms in total. The maximum Gasteiger partial charge on any atom is 0.328 e. The summed E-state index contributed by atoms with van der Waals surface area (Å²) in [7, 11) is 1.21. The molecule has 2 rings (SSSR count). The molecule has 1 aromatic carbocycles. The van der Waals surface area contributed by atoms with Crippen molar-refractivity contribution in [2.24, 2.45) is 0 Å². The minimum Gasteiger partial charge on any atom is -0.467 e. The van der Waals surface area contributed by atoms with Gasteiger partial charge in [-0.3, -0.25) is 45.0 Å². The predicted molar refractivity (Wildman–Crippen MR) is 169 cm³/mol. The highest BCUT2D eigenvalue weighted by Gasteiger charge is 2.23. The molecule has 1 atom stereocenters. The average Bonchev–Trinajstić information content (AvgIpc) is 3.09. The second kappa shape index (κ2) is 24.9. The molecular weight excluding hydrogens is 618 g/mol. The normalized spacial score (nSPS) is 16.6. The quantitative estimate of drug-likeness (QED) is 0.0752. The van der Waals surface area contributed by atoms with E-state index < -0.39 is 23.9 Å². The van der Waals surface area contributed by atoms with Gasteiger partial charge in [-0.2, -0.15) is 0 Å². The molecule has 47 heavy (non-hydrogen) atoms. The molecule has 0 aliphatic carbocycles. The fourth-order valence-electron chi connectivity index (χ4n) is 4.81. The second-order valence-electron chi connectivity index (χ2n) is 10.8. The summed E-state index contributed by atoms with van der Waals surface area (Å²) in [5, 5.41) is 29.2. The number of rotatable bonds is 17. The number of esters is 2. The van der Waals surface area contributed by atoms with Crippen LogP contribution in [0.3, 0.4) is 0 Å². The van der Waals surface area contributed by atoms with E-state index in [2.05, 4.69) is 51.4 Å². The van der Waals surface area contributed by atoms with Crippen LogP contribution in [0.15, 0.2) is 30.3 Å². The Morgan fingerprint density at radius 1 is 0.766 bits per heavy atom. The van der Waals surface area contributed by atoms with Crippen molar-refractivity contribution in [2.75, 3.05) is 112 Å². The van der Waals surface area contributed by atoms with E-state index in [1.807, 2.05) is 0 Å². The van der Waals surface area contributed by atoms with Gasteiger partial charge in [-0.1, -0.05) is 30.0 Å². The number of carbonyl (C=O) groups excluding carboxylic acids is 3. The maximum absolute atomic E-state index is 12.5. The molecule has 1 aliphatic rings. The van der Waals surface area contributed by atoms with Gasteiger partial charge in [-0.05, 0) is 18.6 Å². The highest BCUT2D eigenvalue weighted by Crippen LogP contribution is 2.06. The van der Waals surface area contributed by atoms with Crippen molar-refractivity contribution in [1.29, 1.82) is 0 Å². The lowest BCUT2D eigenvalue weighted by atomic mass is 10.1. The van der Waals surface area contributed by atoms with E-state index in [4.69, 9.17) is 25.2 Å². The smallest absolute Gasteiger partial charge is 0.328 e. The van der Waals surface area contributed by atoms with Crippen LogP contribution < -0.4 is 5.32 Å². The zero-order valence-corrected chi connectivity index (χ0v) is 27.1. The van der Waals surface area contributed by atoms with Crippen LogP contribution in [0.1, 0.15) is 23.2 Å². The Morgan fingerprint density at radius 2 is 1.26 bits per heavy atom. The van der Waals surface area contributed by atoms with Crippen LogP contribution in [0, 0.1) is 11.8 Å². The summed E-state index contributed by atoms with van der Waals surface area (Å²) in [6, 6.07) is 7.41. The lowest BCUT2D eigenvalue weighted by Gasteiger charge is -2.33. The Balaban J connectivity index is 1.91. The van der Waals surface area contributed by atoms with Crippen LogP contribution in [0.5, 0.6) is 0 Å². The number of methoxy groups -OCH3 is 1. The molecule has 1 aliphatic heterocycles. The summed E-state index contributed by atoms with van der Waals surface area (Å²) < 4.78 is 10.0. The summed E-state index contributed by atoms with van der Waals surface area (Å²) in [4.78, 5) is 58.6. The monoisotopic (exact) mass is 667 g/mol. The summed E-state index contributed by atoms with van der Waals surface area (Å²) >= 11 is 0. The molecule has 1 heterocycles. The Bertz CT molecular complexity index is 1060. The van der Waals surface area contributed by atoms with E-state index in [0.29, 0.717) is 84.1 Å².